The van der Waals surface area contributed by atoms with Crippen LogP contribution in [0.4, 0.5) is 0 Å². The molecule has 0 aliphatic rings. The Morgan fingerprint density at radius 3 is 2.60 bits per heavy atom. The fraction of sp³-hybridized carbons (Fsp3) is 0.533. The fourth-order valence-corrected chi connectivity index (χ4v) is 2.20. The van der Waals surface area contributed by atoms with Gasteiger partial charge in [0.25, 0.3) is 5.91 Å². The average Bonchev–Trinajstić information content (AvgIpc) is 2.37. The summed E-state index contributed by atoms with van der Waals surface area (Å²) in [5, 5.41) is 3.55. The Balaban J connectivity index is 2.58. The molecule has 5 heteroatoms. The van der Waals surface area contributed by atoms with Gasteiger partial charge in [0, 0.05) is 16.9 Å². The van der Waals surface area contributed by atoms with Crippen LogP contribution in [0.3, 0.4) is 0 Å². The Morgan fingerprint density at radius 2 is 2.05 bits per heavy atom. The summed E-state index contributed by atoms with van der Waals surface area (Å²) in [6.07, 6.45) is 0.166. The Labute approximate surface area is 130 Å². The Hall–Kier alpha value is -0.930. The van der Waals surface area contributed by atoms with E-state index in [0.717, 1.165) is 6.42 Å². The average molecular weight is 318 g/mol. The van der Waals surface area contributed by atoms with Crippen molar-refractivity contribution in [3.63, 3.8) is 0 Å². The van der Waals surface area contributed by atoms with Crippen molar-refractivity contribution in [3.8, 4) is 5.75 Å². The second-order valence-electron chi connectivity index (χ2n) is 5.05. The minimum Gasteiger partial charge on any atom is -0.481 e. The summed E-state index contributed by atoms with van der Waals surface area (Å²) in [4.78, 5) is 12.1. The smallest absolute Gasteiger partial charge is 0.261 e. The number of nitrogens with one attached hydrogen (secondary N) is 1. The van der Waals surface area contributed by atoms with Gasteiger partial charge < -0.3 is 10.1 Å². The number of benzene rings is 1. The van der Waals surface area contributed by atoms with Crippen molar-refractivity contribution in [1.82, 2.24) is 5.32 Å². The first kappa shape index (κ1) is 17.1. The van der Waals surface area contributed by atoms with Crippen LogP contribution < -0.4 is 10.1 Å². The minimum atomic E-state index is -0.579. The highest BCUT2D eigenvalue weighted by Crippen LogP contribution is 2.18. The van der Waals surface area contributed by atoms with Crippen LogP contribution in [0.15, 0.2) is 24.3 Å². The van der Waals surface area contributed by atoms with E-state index in [-0.39, 0.29) is 11.9 Å². The molecule has 0 heterocycles. The predicted molar refractivity (Wildman–Crippen MR) is 83.6 cm³/mol. The van der Waals surface area contributed by atoms with Gasteiger partial charge in [-0.05, 0) is 37.5 Å². The first-order chi connectivity index (χ1) is 9.43. The molecule has 0 bridgehead atoms. The molecule has 3 nitrogen and oxygen atoms in total. The van der Waals surface area contributed by atoms with Gasteiger partial charge in [-0.25, -0.2) is 0 Å². The normalized spacial score (nSPS) is 13.9. The third-order valence-electron chi connectivity index (χ3n) is 3.03. The van der Waals surface area contributed by atoms with E-state index in [2.05, 4.69) is 19.2 Å². The van der Waals surface area contributed by atoms with Gasteiger partial charge in [-0.2, -0.15) is 0 Å². The van der Waals surface area contributed by atoms with Crippen molar-refractivity contribution >= 4 is 29.1 Å². The molecular formula is C15H21Cl2NO2. The molecule has 0 aromatic heterocycles. The first-order valence-electron chi connectivity index (χ1n) is 6.72. The van der Waals surface area contributed by atoms with Gasteiger partial charge >= 0.3 is 0 Å². The Kier molecular flexibility index (Phi) is 7.17. The van der Waals surface area contributed by atoms with Gasteiger partial charge in [-0.1, -0.05) is 31.5 Å². The van der Waals surface area contributed by atoms with Crippen LogP contribution in [-0.4, -0.2) is 23.9 Å². The lowest BCUT2D eigenvalue weighted by atomic mass is 10.0. The molecule has 1 aromatic rings. The summed E-state index contributed by atoms with van der Waals surface area (Å²) in [6, 6.07) is 7.06. The van der Waals surface area contributed by atoms with Crippen LogP contribution in [0.2, 0.25) is 5.02 Å². The standard InChI is InChI=1S/C15H21Cl2NO2/c1-10(2)14(7-8-16)18-15(19)11(3)20-13-6-4-5-12(17)9-13/h4-6,9-11,14H,7-8H2,1-3H3,(H,18,19). The summed E-state index contributed by atoms with van der Waals surface area (Å²) in [5.41, 5.74) is 0. The van der Waals surface area contributed by atoms with Crippen LogP contribution in [0.5, 0.6) is 5.75 Å². The molecule has 1 aromatic carbocycles. The summed E-state index contributed by atoms with van der Waals surface area (Å²) in [5.74, 6) is 1.29. The molecule has 0 fully saturated rings. The molecule has 2 unspecified atom stereocenters. The number of hydrogen-bond acceptors (Lipinski definition) is 2. The van der Waals surface area contributed by atoms with Crippen LogP contribution >= 0.6 is 23.2 Å². The Morgan fingerprint density at radius 1 is 1.35 bits per heavy atom. The van der Waals surface area contributed by atoms with E-state index >= 15 is 0 Å². The molecule has 1 amide bonds. The lowest BCUT2D eigenvalue weighted by Crippen LogP contribution is -2.45. The van der Waals surface area contributed by atoms with Crippen LogP contribution in [0.25, 0.3) is 0 Å². The number of carbonyl (C=O) groups is 1. The zero-order chi connectivity index (χ0) is 15.1. The molecule has 1 N–H and O–H groups in total. The highest BCUT2D eigenvalue weighted by molar-refractivity contribution is 6.30. The SMILES string of the molecule is CC(Oc1cccc(Cl)c1)C(=O)NC(CCCl)C(C)C. The summed E-state index contributed by atoms with van der Waals surface area (Å²) in [6.45, 7) is 5.83. The van der Waals surface area contributed by atoms with E-state index < -0.39 is 6.10 Å². The van der Waals surface area contributed by atoms with Crippen LogP contribution in [0.1, 0.15) is 27.2 Å². The van der Waals surface area contributed by atoms with Crippen molar-refractivity contribution in [2.24, 2.45) is 5.92 Å². The van der Waals surface area contributed by atoms with Gasteiger partial charge in [0.15, 0.2) is 6.10 Å². The second kappa shape index (κ2) is 8.38. The highest BCUT2D eigenvalue weighted by atomic mass is 35.5. The van der Waals surface area contributed by atoms with E-state index in [1.165, 1.54) is 0 Å². The number of carbonyl (C=O) groups excluding carboxylic acids is 1. The van der Waals surface area contributed by atoms with Crippen molar-refractivity contribution < 1.29 is 9.53 Å². The van der Waals surface area contributed by atoms with Gasteiger partial charge in [-0.15, -0.1) is 11.6 Å². The number of alkyl halides is 1. The maximum Gasteiger partial charge on any atom is 0.261 e. The third kappa shape index (κ3) is 5.59. The number of rotatable bonds is 7. The van der Waals surface area contributed by atoms with Crippen LogP contribution in [-0.2, 0) is 4.79 Å². The zero-order valence-electron chi connectivity index (χ0n) is 12.0. The van der Waals surface area contributed by atoms with Crippen molar-refractivity contribution in [2.75, 3.05) is 5.88 Å². The topological polar surface area (TPSA) is 38.3 Å². The molecule has 0 spiro atoms. The maximum absolute atomic E-state index is 12.1. The molecule has 1 rings (SSSR count). The molecule has 20 heavy (non-hydrogen) atoms. The van der Waals surface area contributed by atoms with Crippen molar-refractivity contribution in [1.29, 1.82) is 0 Å². The quantitative estimate of drug-likeness (QED) is 0.775. The fourth-order valence-electron chi connectivity index (χ4n) is 1.79. The molecule has 0 aliphatic carbocycles. The highest BCUT2D eigenvalue weighted by Gasteiger charge is 2.20. The molecular weight excluding hydrogens is 297 g/mol. The summed E-state index contributed by atoms with van der Waals surface area (Å²) < 4.78 is 5.59. The molecule has 0 saturated carbocycles. The predicted octanol–water partition coefficient (Wildman–Crippen LogP) is 3.88. The van der Waals surface area contributed by atoms with E-state index in [1.54, 1.807) is 31.2 Å². The number of halogens is 2. The largest absolute Gasteiger partial charge is 0.481 e. The van der Waals surface area contributed by atoms with E-state index in [1.807, 2.05) is 0 Å². The number of hydrogen-bond donors (Lipinski definition) is 1. The summed E-state index contributed by atoms with van der Waals surface area (Å²) >= 11 is 11.6. The van der Waals surface area contributed by atoms with E-state index in [0.29, 0.717) is 22.6 Å². The minimum absolute atomic E-state index is 0.0606. The zero-order valence-corrected chi connectivity index (χ0v) is 13.5. The van der Waals surface area contributed by atoms with E-state index in [4.69, 9.17) is 27.9 Å². The van der Waals surface area contributed by atoms with Crippen LogP contribution in [0, 0.1) is 5.92 Å². The van der Waals surface area contributed by atoms with Gasteiger partial charge in [0.1, 0.15) is 5.75 Å². The van der Waals surface area contributed by atoms with Gasteiger partial charge in [-0.3, -0.25) is 4.79 Å². The maximum atomic E-state index is 12.1. The van der Waals surface area contributed by atoms with E-state index in [9.17, 15) is 4.79 Å². The monoisotopic (exact) mass is 317 g/mol. The Bertz CT molecular complexity index is 438. The van der Waals surface area contributed by atoms with Gasteiger partial charge in [0.2, 0.25) is 0 Å². The third-order valence-corrected chi connectivity index (χ3v) is 3.48. The molecule has 0 aliphatic heterocycles. The van der Waals surface area contributed by atoms with Crippen molar-refractivity contribution in [3.05, 3.63) is 29.3 Å². The molecule has 0 radical (unpaired) electrons. The lowest BCUT2D eigenvalue weighted by Gasteiger charge is -2.24. The summed E-state index contributed by atoms with van der Waals surface area (Å²) in [7, 11) is 0. The van der Waals surface area contributed by atoms with Crippen molar-refractivity contribution in [2.45, 2.75) is 39.3 Å². The molecule has 0 saturated heterocycles. The number of amides is 1. The molecule has 2 atom stereocenters. The second-order valence-corrected chi connectivity index (χ2v) is 5.87. The lowest BCUT2D eigenvalue weighted by molar-refractivity contribution is -0.128. The van der Waals surface area contributed by atoms with Gasteiger partial charge in [0.05, 0.1) is 0 Å². The number of ether oxygens (including phenoxy) is 1. The first-order valence-corrected chi connectivity index (χ1v) is 7.64. The molecule has 112 valence electrons.